The topological polar surface area (TPSA) is 115 Å². The molecule has 4 aliphatic carbocycles. The van der Waals surface area contributed by atoms with E-state index in [9.17, 15) is 23.5 Å². The molecule has 11 heteroatoms. The summed E-state index contributed by atoms with van der Waals surface area (Å²) in [5, 5.41) is 11.5. The highest BCUT2D eigenvalue weighted by atomic mass is 32.2. The van der Waals surface area contributed by atoms with Crippen LogP contribution in [0.3, 0.4) is 0 Å². The Kier molecular flexibility index (Phi) is 8.11. The van der Waals surface area contributed by atoms with Gasteiger partial charge in [0.15, 0.2) is 5.60 Å². The quantitative estimate of drug-likeness (QED) is 0.344. The summed E-state index contributed by atoms with van der Waals surface area (Å²) in [5.74, 6) is -1.05. The van der Waals surface area contributed by atoms with Gasteiger partial charge >= 0.3 is 5.97 Å². The number of nitrogens with zero attached hydrogens (tertiary/aromatic N) is 2. The number of aliphatic hydroxyl groups is 1. The lowest BCUT2D eigenvalue weighted by atomic mass is 9.45. The number of carbonyl (C=O) groups is 2. The molecule has 4 aliphatic rings. The second-order valence-electron chi connectivity index (χ2n) is 13.0. The molecule has 7 nitrogen and oxygen atoms in total. The smallest absolute Gasteiger partial charge is 0.351 e. The van der Waals surface area contributed by atoms with E-state index in [1.807, 2.05) is 6.92 Å². The lowest BCUT2D eigenvalue weighted by molar-refractivity contribution is -0.174. The number of nitrogens with two attached hydrogens (primary N) is 1. The van der Waals surface area contributed by atoms with Crippen molar-refractivity contribution in [3.05, 3.63) is 69.6 Å². The number of benzene rings is 1. The molecule has 0 spiro atoms. The number of carbonyl (C=O) groups excluding carboxylic acids is 2. The Balaban J connectivity index is 1.36. The van der Waals surface area contributed by atoms with Crippen molar-refractivity contribution in [1.29, 1.82) is 0 Å². The second-order valence-corrected chi connectivity index (χ2v) is 14.7. The summed E-state index contributed by atoms with van der Waals surface area (Å²) in [5.41, 5.74) is 8.78. The van der Waals surface area contributed by atoms with E-state index in [0.29, 0.717) is 40.9 Å². The molecule has 7 atom stereocenters. The van der Waals surface area contributed by atoms with Gasteiger partial charge in [-0.25, -0.2) is 23.6 Å². The van der Waals surface area contributed by atoms with E-state index in [1.54, 1.807) is 30.8 Å². The lowest BCUT2D eigenvalue weighted by Gasteiger charge is -2.60. The molecule has 0 bridgehead atoms. The minimum Gasteiger partial charge on any atom is -0.445 e. The van der Waals surface area contributed by atoms with Gasteiger partial charge in [0.25, 0.3) is 0 Å². The van der Waals surface area contributed by atoms with E-state index in [0.717, 1.165) is 35.5 Å². The monoisotopic (exact) mass is 641 g/mol. The molecule has 0 aliphatic heterocycles. The number of halogens is 2. The first-order valence-electron chi connectivity index (χ1n) is 15.0. The summed E-state index contributed by atoms with van der Waals surface area (Å²) < 4.78 is 33.3. The van der Waals surface area contributed by atoms with Crippen molar-refractivity contribution in [2.45, 2.75) is 71.0 Å². The van der Waals surface area contributed by atoms with Gasteiger partial charge in [-0.15, -0.1) is 11.3 Å². The number of hydrogen-bond donors (Lipinski definition) is 2. The summed E-state index contributed by atoms with van der Waals surface area (Å²) in [6.07, 6.45) is 6.14. The first kappa shape index (κ1) is 31.1. The van der Waals surface area contributed by atoms with Crippen LogP contribution in [0.15, 0.2) is 58.2 Å². The Morgan fingerprint density at radius 3 is 2.68 bits per heavy atom. The molecule has 0 amide bonds. The first-order chi connectivity index (χ1) is 21.0. The third-order valence-electron chi connectivity index (χ3n) is 11.0. The molecule has 1 aromatic carbocycles. The van der Waals surface area contributed by atoms with Crippen LogP contribution in [-0.2, 0) is 9.53 Å². The van der Waals surface area contributed by atoms with Gasteiger partial charge in [-0.3, -0.25) is 4.79 Å². The van der Waals surface area contributed by atoms with Gasteiger partial charge in [-0.05, 0) is 122 Å². The lowest BCUT2D eigenvalue weighted by Crippen LogP contribution is -2.62. The molecule has 3 fully saturated rings. The summed E-state index contributed by atoms with van der Waals surface area (Å²) in [6.45, 7) is 5.84. The third-order valence-corrected chi connectivity index (χ3v) is 12.6. The van der Waals surface area contributed by atoms with Crippen LogP contribution < -0.4 is 5.73 Å². The Bertz CT molecular complexity index is 1570. The number of hydrogen-bond acceptors (Lipinski definition) is 9. The number of aliphatic imine (C=N–C) groups is 1. The van der Waals surface area contributed by atoms with Crippen LogP contribution in [0.1, 0.15) is 67.7 Å². The number of aromatic nitrogens is 1. The number of allylic oxidation sites excluding steroid dienone is 3. The van der Waals surface area contributed by atoms with Crippen molar-refractivity contribution >= 4 is 45.6 Å². The average Bonchev–Trinajstić information content (AvgIpc) is 3.54. The van der Waals surface area contributed by atoms with Crippen molar-refractivity contribution in [3.63, 3.8) is 0 Å². The van der Waals surface area contributed by atoms with Gasteiger partial charge in [0, 0.05) is 5.41 Å². The highest BCUT2D eigenvalue weighted by molar-refractivity contribution is 8.13. The molecule has 234 valence electrons. The van der Waals surface area contributed by atoms with Crippen LogP contribution in [0.5, 0.6) is 0 Å². The predicted molar refractivity (Wildman–Crippen MR) is 168 cm³/mol. The summed E-state index contributed by atoms with van der Waals surface area (Å²) in [4.78, 5) is 36.4. The average molecular weight is 642 g/mol. The van der Waals surface area contributed by atoms with E-state index >= 15 is 0 Å². The van der Waals surface area contributed by atoms with Crippen molar-refractivity contribution in [2.24, 2.45) is 39.3 Å². The SMILES string of the molecule is Cc1ncsc1C(=O)O[C@]1(C(=O)SCF)CCC2[C@@H]3CCC4=CC(=Nc5ccc(F)cc5)C(=CN)C[C@]4(C)C3C(O)C[C@@]21C. The number of aliphatic hydroxyl groups excluding tert-OH is 1. The molecular formula is C33H37F2N3O4S2. The van der Waals surface area contributed by atoms with Crippen molar-refractivity contribution in [2.75, 3.05) is 6.01 Å². The third kappa shape index (κ3) is 4.77. The van der Waals surface area contributed by atoms with Gasteiger partial charge in [-0.1, -0.05) is 19.4 Å². The maximum absolute atomic E-state index is 13.7. The minimum absolute atomic E-state index is 0.0200. The van der Waals surface area contributed by atoms with E-state index in [-0.39, 0.29) is 36.4 Å². The van der Waals surface area contributed by atoms with E-state index in [4.69, 9.17) is 15.5 Å². The van der Waals surface area contributed by atoms with E-state index < -0.39 is 39.6 Å². The molecule has 1 heterocycles. The Morgan fingerprint density at radius 2 is 2.02 bits per heavy atom. The van der Waals surface area contributed by atoms with Crippen LogP contribution in [0, 0.1) is 41.3 Å². The van der Waals surface area contributed by atoms with Crippen molar-refractivity contribution in [3.8, 4) is 0 Å². The molecule has 2 aromatic rings. The van der Waals surface area contributed by atoms with Gasteiger partial charge in [0.05, 0.1) is 28.7 Å². The Labute approximate surface area is 264 Å². The van der Waals surface area contributed by atoms with Gasteiger partial charge < -0.3 is 15.6 Å². The number of alkyl halides is 1. The Morgan fingerprint density at radius 1 is 1.27 bits per heavy atom. The van der Waals surface area contributed by atoms with E-state index in [2.05, 4.69) is 18.0 Å². The fraction of sp³-hybridized carbons (Fsp3) is 0.515. The zero-order valence-corrected chi connectivity index (χ0v) is 26.6. The number of rotatable bonds is 5. The van der Waals surface area contributed by atoms with Crippen LogP contribution in [0.2, 0.25) is 0 Å². The number of thioether (sulfide) groups is 1. The molecule has 44 heavy (non-hydrogen) atoms. The zero-order chi connectivity index (χ0) is 31.4. The van der Waals surface area contributed by atoms with Crippen LogP contribution in [-0.4, -0.2) is 44.6 Å². The largest absolute Gasteiger partial charge is 0.445 e. The summed E-state index contributed by atoms with van der Waals surface area (Å²) in [6, 6.07) is 5.09. The number of thiazole rings is 1. The van der Waals surface area contributed by atoms with Crippen molar-refractivity contribution in [1.82, 2.24) is 4.98 Å². The molecule has 1 aromatic heterocycles. The standard InChI is InChI=1S/C33H37F2N3O4S2/c1-18-28(44-17-37-18)29(40)42-33(30(41)43-16-34)11-10-24-23-9-4-20-12-25(38-22-7-5-21(35)6-8-22)19(15-36)13-31(20,2)27(23)26(39)14-32(24,33)3/h5-8,12,15,17,23-24,26-27,39H,4,9-11,13-14,16,36H2,1-3H3/t23-,24?,26?,27?,31-,32-,33-/m0/s1. The number of aryl methyl sites for hydroxylation is 1. The maximum Gasteiger partial charge on any atom is 0.351 e. The number of fused-ring (bicyclic) bond motifs is 5. The second kappa shape index (κ2) is 11.5. The molecule has 3 saturated carbocycles. The molecule has 0 saturated heterocycles. The maximum atomic E-state index is 13.7. The van der Waals surface area contributed by atoms with E-state index in [1.165, 1.54) is 17.7 Å². The van der Waals surface area contributed by atoms with Crippen LogP contribution in [0.25, 0.3) is 0 Å². The fourth-order valence-electron chi connectivity index (χ4n) is 8.99. The van der Waals surface area contributed by atoms with Crippen LogP contribution in [0.4, 0.5) is 14.5 Å². The number of ether oxygens (including phenoxy) is 1. The highest BCUT2D eigenvalue weighted by Crippen LogP contribution is 2.69. The molecular weight excluding hydrogens is 605 g/mol. The predicted octanol–water partition coefficient (Wildman–Crippen LogP) is 6.83. The summed E-state index contributed by atoms with van der Waals surface area (Å²) in [7, 11) is 0. The zero-order valence-electron chi connectivity index (χ0n) is 25.0. The van der Waals surface area contributed by atoms with Gasteiger partial charge in [0.1, 0.15) is 16.7 Å². The Hall–Kier alpha value is -2.89. The molecule has 6 rings (SSSR count). The highest BCUT2D eigenvalue weighted by Gasteiger charge is 2.70. The van der Waals surface area contributed by atoms with Crippen LogP contribution >= 0.6 is 23.1 Å². The summed E-state index contributed by atoms with van der Waals surface area (Å²) >= 11 is 1.69. The molecule has 3 unspecified atom stereocenters. The fourth-order valence-corrected chi connectivity index (χ4v) is 10.4. The molecule has 0 radical (unpaired) electrons. The molecule has 3 N–H and O–H groups in total. The number of esters is 1. The normalized spacial score (nSPS) is 36.4. The van der Waals surface area contributed by atoms with Crippen molar-refractivity contribution < 1.29 is 28.2 Å². The minimum atomic E-state index is -1.56. The first-order valence-corrected chi connectivity index (χ1v) is 16.8. The van der Waals surface area contributed by atoms with Gasteiger partial charge in [0.2, 0.25) is 5.12 Å². The van der Waals surface area contributed by atoms with Gasteiger partial charge in [-0.2, -0.15) is 0 Å².